The Bertz CT molecular complexity index is 381. The molecule has 0 aromatic carbocycles. The molecule has 1 aliphatic rings. The molecule has 1 N–H and O–H groups in total. The maximum Gasteiger partial charge on any atom is 0.0658 e. The van der Waals surface area contributed by atoms with Crippen molar-refractivity contribution in [2.24, 2.45) is 0 Å². The van der Waals surface area contributed by atoms with Crippen molar-refractivity contribution < 1.29 is 9.84 Å². The Balaban J connectivity index is 2.21. The van der Waals surface area contributed by atoms with Gasteiger partial charge in [-0.15, -0.1) is 0 Å². The van der Waals surface area contributed by atoms with E-state index in [1.165, 1.54) is 12.8 Å². The number of nitrogens with zero attached hydrogens (tertiary/aromatic N) is 2. The maximum atomic E-state index is 10.3. The van der Waals surface area contributed by atoms with Gasteiger partial charge in [-0.25, -0.2) is 0 Å². The minimum atomic E-state index is -0.248. The Morgan fingerprint density at radius 3 is 3.00 bits per heavy atom. The van der Waals surface area contributed by atoms with Crippen molar-refractivity contribution in [2.45, 2.75) is 50.7 Å². The monoisotopic (exact) mass is 316 g/mol. The van der Waals surface area contributed by atoms with Crippen molar-refractivity contribution in [3.63, 3.8) is 0 Å². The lowest BCUT2D eigenvalue weighted by molar-refractivity contribution is 0.128. The first-order valence-corrected chi connectivity index (χ1v) is 7.41. The molecule has 5 heteroatoms. The fourth-order valence-corrected chi connectivity index (χ4v) is 3.29. The molecular formula is C13H21BrN2O2. The van der Waals surface area contributed by atoms with E-state index in [0.717, 1.165) is 36.0 Å². The van der Waals surface area contributed by atoms with E-state index >= 15 is 0 Å². The molecule has 0 bridgehead atoms. The lowest BCUT2D eigenvalue weighted by Gasteiger charge is -2.22. The van der Waals surface area contributed by atoms with E-state index < -0.39 is 0 Å². The molecule has 102 valence electrons. The lowest BCUT2D eigenvalue weighted by atomic mass is 9.93. The number of aliphatic hydroxyl groups is 1. The van der Waals surface area contributed by atoms with Gasteiger partial charge in [0.2, 0.25) is 0 Å². The van der Waals surface area contributed by atoms with E-state index in [-0.39, 0.29) is 12.0 Å². The topological polar surface area (TPSA) is 47.3 Å². The van der Waals surface area contributed by atoms with Gasteiger partial charge < -0.3 is 9.84 Å². The zero-order valence-electron chi connectivity index (χ0n) is 10.8. The van der Waals surface area contributed by atoms with Crippen molar-refractivity contribution in [3.05, 3.63) is 16.4 Å². The first-order valence-electron chi connectivity index (χ1n) is 6.62. The van der Waals surface area contributed by atoms with E-state index in [9.17, 15) is 5.11 Å². The summed E-state index contributed by atoms with van der Waals surface area (Å²) in [6.45, 7) is 1.38. The molecule has 2 atom stereocenters. The fraction of sp³-hybridized carbons (Fsp3) is 0.769. The van der Waals surface area contributed by atoms with Gasteiger partial charge in [0.15, 0.2) is 0 Å². The van der Waals surface area contributed by atoms with E-state index in [0.29, 0.717) is 6.61 Å². The maximum absolute atomic E-state index is 10.3. The van der Waals surface area contributed by atoms with Crippen LogP contribution >= 0.6 is 15.9 Å². The standard InChI is InChI=1S/C13H21BrN2O2/c1-18-8-7-16-13(11(14)9-15-16)10-5-3-2-4-6-12(10)17/h9-10,12,17H,2-8H2,1H3. The van der Waals surface area contributed by atoms with E-state index in [1.807, 2.05) is 10.9 Å². The third-order valence-corrected chi connectivity index (χ3v) is 4.28. The van der Waals surface area contributed by atoms with Gasteiger partial charge in [-0.05, 0) is 28.8 Å². The lowest BCUT2D eigenvalue weighted by Crippen LogP contribution is -2.22. The van der Waals surface area contributed by atoms with E-state index in [1.54, 1.807) is 7.11 Å². The number of hydrogen-bond acceptors (Lipinski definition) is 3. The highest BCUT2D eigenvalue weighted by Crippen LogP contribution is 2.35. The molecule has 1 aromatic rings. The number of ether oxygens (including phenoxy) is 1. The first-order chi connectivity index (χ1) is 8.74. The molecule has 2 rings (SSSR count). The second-order valence-electron chi connectivity index (χ2n) is 4.91. The second-order valence-corrected chi connectivity index (χ2v) is 5.76. The highest BCUT2D eigenvalue weighted by Gasteiger charge is 2.28. The minimum Gasteiger partial charge on any atom is -0.392 e. The smallest absolute Gasteiger partial charge is 0.0658 e. The fourth-order valence-electron chi connectivity index (χ4n) is 2.70. The number of methoxy groups -OCH3 is 1. The van der Waals surface area contributed by atoms with Crippen LogP contribution in [0.5, 0.6) is 0 Å². The van der Waals surface area contributed by atoms with Crippen molar-refractivity contribution in [1.82, 2.24) is 9.78 Å². The van der Waals surface area contributed by atoms with E-state index in [2.05, 4.69) is 21.0 Å². The molecular weight excluding hydrogens is 296 g/mol. The van der Waals surface area contributed by atoms with Crippen molar-refractivity contribution in [3.8, 4) is 0 Å². The Labute approximate surface area is 116 Å². The Hall–Kier alpha value is -0.390. The number of halogens is 1. The number of aliphatic hydroxyl groups excluding tert-OH is 1. The van der Waals surface area contributed by atoms with Crippen molar-refractivity contribution in [2.75, 3.05) is 13.7 Å². The summed E-state index contributed by atoms with van der Waals surface area (Å²) in [6.07, 6.45) is 7.04. The summed E-state index contributed by atoms with van der Waals surface area (Å²) in [5.74, 6) is 0.196. The third kappa shape index (κ3) is 3.13. The van der Waals surface area contributed by atoms with Crippen LogP contribution in [-0.2, 0) is 11.3 Å². The summed E-state index contributed by atoms with van der Waals surface area (Å²) >= 11 is 3.56. The van der Waals surface area contributed by atoms with Crippen LogP contribution in [0, 0.1) is 0 Å². The highest BCUT2D eigenvalue weighted by molar-refractivity contribution is 9.10. The van der Waals surface area contributed by atoms with Gasteiger partial charge in [-0.2, -0.15) is 5.10 Å². The minimum absolute atomic E-state index is 0.196. The molecule has 0 saturated heterocycles. The summed E-state index contributed by atoms with van der Waals surface area (Å²) in [5.41, 5.74) is 1.13. The van der Waals surface area contributed by atoms with Crippen LogP contribution in [0.25, 0.3) is 0 Å². The van der Waals surface area contributed by atoms with Gasteiger partial charge >= 0.3 is 0 Å². The predicted octanol–water partition coefficient (Wildman–Crippen LogP) is 2.70. The van der Waals surface area contributed by atoms with Gasteiger partial charge in [0.05, 0.1) is 35.6 Å². The van der Waals surface area contributed by atoms with Crippen LogP contribution in [0.4, 0.5) is 0 Å². The molecule has 1 aromatic heterocycles. The molecule has 1 aliphatic carbocycles. The van der Waals surface area contributed by atoms with Crippen molar-refractivity contribution in [1.29, 1.82) is 0 Å². The van der Waals surface area contributed by atoms with Gasteiger partial charge in [0.25, 0.3) is 0 Å². The van der Waals surface area contributed by atoms with Gasteiger partial charge in [0, 0.05) is 13.0 Å². The van der Waals surface area contributed by atoms with Crippen LogP contribution in [0.2, 0.25) is 0 Å². The molecule has 2 unspecified atom stereocenters. The zero-order chi connectivity index (χ0) is 13.0. The summed E-state index contributed by atoms with van der Waals surface area (Å²) < 4.78 is 8.08. The Morgan fingerprint density at radius 1 is 1.44 bits per heavy atom. The second kappa shape index (κ2) is 6.68. The molecule has 0 amide bonds. The molecule has 0 radical (unpaired) electrons. The van der Waals surface area contributed by atoms with Crippen LogP contribution in [0.3, 0.4) is 0 Å². The normalized spacial score (nSPS) is 25.1. The third-order valence-electron chi connectivity index (χ3n) is 3.67. The van der Waals surface area contributed by atoms with E-state index in [4.69, 9.17) is 4.74 Å². The van der Waals surface area contributed by atoms with Crippen LogP contribution in [0.1, 0.15) is 43.7 Å². The predicted molar refractivity (Wildman–Crippen MR) is 73.6 cm³/mol. The van der Waals surface area contributed by atoms with Crippen LogP contribution < -0.4 is 0 Å². The number of rotatable bonds is 4. The van der Waals surface area contributed by atoms with Gasteiger partial charge in [-0.3, -0.25) is 4.68 Å². The number of hydrogen-bond donors (Lipinski definition) is 1. The molecule has 1 saturated carbocycles. The highest BCUT2D eigenvalue weighted by atomic mass is 79.9. The first kappa shape index (κ1) is 14.0. The molecule has 4 nitrogen and oxygen atoms in total. The number of aromatic nitrogens is 2. The Morgan fingerprint density at radius 2 is 2.22 bits per heavy atom. The summed E-state index contributed by atoms with van der Waals surface area (Å²) in [7, 11) is 1.69. The molecule has 0 aliphatic heterocycles. The summed E-state index contributed by atoms with van der Waals surface area (Å²) in [6, 6.07) is 0. The molecule has 1 fully saturated rings. The summed E-state index contributed by atoms with van der Waals surface area (Å²) in [5, 5.41) is 14.7. The molecule has 1 heterocycles. The van der Waals surface area contributed by atoms with Gasteiger partial charge in [0.1, 0.15) is 0 Å². The Kier molecular flexibility index (Phi) is 5.21. The average Bonchev–Trinajstić information content (AvgIpc) is 2.58. The molecule has 18 heavy (non-hydrogen) atoms. The largest absolute Gasteiger partial charge is 0.392 e. The van der Waals surface area contributed by atoms with Crippen LogP contribution in [-0.4, -0.2) is 34.7 Å². The van der Waals surface area contributed by atoms with Crippen LogP contribution in [0.15, 0.2) is 10.7 Å². The molecule has 0 spiro atoms. The average molecular weight is 317 g/mol. The quantitative estimate of drug-likeness (QED) is 0.869. The zero-order valence-corrected chi connectivity index (χ0v) is 12.4. The summed E-state index contributed by atoms with van der Waals surface area (Å²) in [4.78, 5) is 0. The van der Waals surface area contributed by atoms with Crippen molar-refractivity contribution >= 4 is 15.9 Å². The SMILES string of the molecule is COCCn1ncc(Br)c1C1CCCCCC1O. The van der Waals surface area contributed by atoms with Gasteiger partial charge in [-0.1, -0.05) is 19.3 Å².